The van der Waals surface area contributed by atoms with E-state index in [9.17, 15) is 14.7 Å². The van der Waals surface area contributed by atoms with Gasteiger partial charge in [0.2, 0.25) is 0 Å². The lowest BCUT2D eigenvalue weighted by Gasteiger charge is -2.49. The molecule has 2 aromatic carbocycles. The van der Waals surface area contributed by atoms with Gasteiger partial charge in [0.15, 0.2) is 23.1 Å². The molecule has 0 unspecified atom stereocenters. The van der Waals surface area contributed by atoms with E-state index in [1.807, 2.05) is 25.1 Å². The van der Waals surface area contributed by atoms with Crippen LogP contribution in [0.3, 0.4) is 0 Å². The maximum Gasteiger partial charge on any atom is 0.162 e. The minimum Gasteiger partial charge on any atom is -0.504 e. The normalized spacial score (nSPS) is 20.9. The highest BCUT2D eigenvalue weighted by Crippen LogP contribution is 2.54. The third-order valence-corrected chi connectivity index (χ3v) is 8.11. The summed E-state index contributed by atoms with van der Waals surface area (Å²) in [5.41, 5.74) is 5.35. The summed E-state index contributed by atoms with van der Waals surface area (Å²) in [4.78, 5) is 30.2. The number of hydrogen-bond donors (Lipinski definition) is 1. The molecule has 5 rings (SSSR count). The van der Waals surface area contributed by atoms with Crippen molar-refractivity contribution in [1.29, 1.82) is 0 Å². The summed E-state index contributed by atoms with van der Waals surface area (Å²) < 4.78 is 5.71. The zero-order valence-electron chi connectivity index (χ0n) is 23.3. The standard InChI is InChI=1S/C33H39NO4/c1-6-38-28-16-22(12-13-25(28)35)29-30-23(17-32(2,3)19-26(30)36)34(15-14-21-10-8-7-9-11-21)24-18-33(4,5)20-27(37)31(24)29/h7-13,16,29,35H,6,14-15,17-20H2,1-5H3. The van der Waals surface area contributed by atoms with Crippen molar-refractivity contribution in [1.82, 2.24) is 4.90 Å². The molecule has 1 aliphatic heterocycles. The van der Waals surface area contributed by atoms with Crippen molar-refractivity contribution in [3.05, 3.63) is 82.2 Å². The van der Waals surface area contributed by atoms with Crippen molar-refractivity contribution in [3.63, 3.8) is 0 Å². The van der Waals surface area contributed by atoms with Gasteiger partial charge in [-0.05, 0) is 60.3 Å². The molecule has 3 aliphatic rings. The van der Waals surface area contributed by atoms with Crippen molar-refractivity contribution in [2.24, 2.45) is 10.8 Å². The molecule has 0 fully saturated rings. The molecule has 0 saturated carbocycles. The van der Waals surface area contributed by atoms with Gasteiger partial charge in [0.05, 0.1) is 6.61 Å². The van der Waals surface area contributed by atoms with E-state index in [2.05, 4.69) is 56.9 Å². The van der Waals surface area contributed by atoms with Crippen LogP contribution in [0.2, 0.25) is 0 Å². The summed E-state index contributed by atoms with van der Waals surface area (Å²) in [5, 5.41) is 10.4. The minimum atomic E-state index is -0.444. The first kappa shape index (κ1) is 26.3. The molecule has 0 spiro atoms. The van der Waals surface area contributed by atoms with Crippen LogP contribution in [-0.2, 0) is 16.0 Å². The van der Waals surface area contributed by atoms with E-state index in [-0.39, 0.29) is 28.1 Å². The van der Waals surface area contributed by atoms with Gasteiger partial charge in [-0.15, -0.1) is 0 Å². The summed E-state index contributed by atoms with van der Waals surface area (Å²) in [7, 11) is 0. The number of Topliss-reactive ketones (excluding diaryl/α,β-unsaturated/α-hetero) is 2. The molecule has 0 aromatic heterocycles. The first-order valence-corrected chi connectivity index (χ1v) is 13.8. The van der Waals surface area contributed by atoms with Gasteiger partial charge in [0.1, 0.15) is 0 Å². The molecule has 1 N–H and O–H groups in total. The predicted octanol–water partition coefficient (Wildman–Crippen LogP) is 6.72. The van der Waals surface area contributed by atoms with Crippen molar-refractivity contribution in [3.8, 4) is 11.5 Å². The zero-order valence-corrected chi connectivity index (χ0v) is 23.3. The Bertz CT molecular complexity index is 1280. The van der Waals surface area contributed by atoms with Crippen LogP contribution >= 0.6 is 0 Å². The lowest BCUT2D eigenvalue weighted by molar-refractivity contribution is -0.119. The van der Waals surface area contributed by atoms with E-state index in [4.69, 9.17) is 4.74 Å². The monoisotopic (exact) mass is 513 g/mol. The molecule has 38 heavy (non-hydrogen) atoms. The summed E-state index contributed by atoms with van der Waals surface area (Å²) >= 11 is 0. The topological polar surface area (TPSA) is 66.8 Å². The van der Waals surface area contributed by atoms with Crippen LogP contribution in [0.25, 0.3) is 0 Å². The number of ketones is 2. The van der Waals surface area contributed by atoms with Gasteiger partial charge in [-0.25, -0.2) is 0 Å². The largest absolute Gasteiger partial charge is 0.504 e. The molecule has 0 atom stereocenters. The molecule has 1 heterocycles. The number of benzene rings is 2. The summed E-state index contributed by atoms with van der Waals surface area (Å²) in [5.74, 6) is 0.224. The van der Waals surface area contributed by atoms with Crippen LogP contribution in [0.4, 0.5) is 0 Å². The van der Waals surface area contributed by atoms with Crippen molar-refractivity contribution >= 4 is 11.6 Å². The Morgan fingerprint density at radius 1 is 0.868 bits per heavy atom. The van der Waals surface area contributed by atoms with Crippen molar-refractivity contribution in [2.45, 2.75) is 72.6 Å². The second kappa shape index (κ2) is 9.76. The Labute approximate surface area is 226 Å². The molecule has 0 radical (unpaired) electrons. The van der Waals surface area contributed by atoms with Gasteiger partial charge in [0.25, 0.3) is 0 Å². The summed E-state index contributed by atoms with van der Waals surface area (Å²) in [6, 6.07) is 15.7. The van der Waals surface area contributed by atoms with Gasteiger partial charge in [-0.2, -0.15) is 0 Å². The van der Waals surface area contributed by atoms with Crippen LogP contribution in [0.5, 0.6) is 11.5 Å². The lowest BCUT2D eigenvalue weighted by atomic mass is 9.63. The molecule has 5 nitrogen and oxygen atoms in total. The summed E-state index contributed by atoms with van der Waals surface area (Å²) in [6.45, 7) is 11.6. The van der Waals surface area contributed by atoms with Crippen molar-refractivity contribution in [2.75, 3.05) is 13.2 Å². The molecule has 0 amide bonds. The lowest BCUT2D eigenvalue weighted by Crippen LogP contribution is -2.45. The van der Waals surface area contributed by atoms with Crippen molar-refractivity contribution < 1.29 is 19.4 Å². The molecular formula is C33H39NO4. The fourth-order valence-corrected chi connectivity index (χ4v) is 6.52. The molecule has 0 bridgehead atoms. The molecule has 2 aliphatic carbocycles. The number of carbonyl (C=O) groups excluding carboxylic acids is 2. The predicted molar refractivity (Wildman–Crippen MR) is 149 cm³/mol. The number of hydrogen-bond acceptors (Lipinski definition) is 5. The second-order valence-electron chi connectivity index (χ2n) is 12.6. The van der Waals surface area contributed by atoms with Gasteiger partial charge >= 0.3 is 0 Å². The van der Waals surface area contributed by atoms with E-state index in [0.29, 0.717) is 25.2 Å². The first-order chi connectivity index (χ1) is 18.0. The fourth-order valence-electron chi connectivity index (χ4n) is 6.52. The van der Waals surface area contributed by atoms with E-state index in [1.165, 1.54) is 5.56 Å². The highest BCUT2D eigenvalue weighted by Gasteiger charge is 2.48. The van der Waals surface area contributed by atoms with E-state index < -0.39 is 5.92 Å². The minimum absolute atomic E-state index is 0.0616. The SMILES string of the molecule is CCOc1cc(C2C3=C(CC(C)(C)CC3=O)N(CCc3ccccc3)C3=C2C(=O)CC(C)(C)C3)ccc1O. The molecule has 5 heteroatoms. The van der Waals surface area contributed by atoms with Crippen LogP contribution < -0.4 is 4.74 Å². The van der Waals surface area contributed by atoms with Gasteiger partial charge in [-0.1, -0.05) is 64.1 Å². The van der Waals surface area contributed by atoms with Crippen LogP contribution in [0.1, 0.15) is 77.3 Å². The molecule has 0 saturated heterocycles. The zero-order chi connectivity index (χ0) is 27.2. The number of nitrogens with zero attached hydrogens (tertiary/aromatic N) is 1. The Balaban J connectivity index is 1.71. The summed E-state index contributed by atoms with van der Waals surface area (Å²) in [6.07, 6.45) is 3.29. The third kappa shape index (κ3) is 4.91. The smallest absolute Gasteiger partial charge is 0.162 e. The maximum atomic E-state index is 13.9. The Morgan fingerprint density at radius 3 is 2.00 bits per heavy atom. The Hall–Kier alpha value is -3.34. The van der Waals surface area contributed by atoms with E-state index in [1.54, 1.807) is 6.07 Å². The quantitative estimate of drug-likeness (QED) is 0.464. The molecule has 200 valence electrons. The average molecular weight is 514 g/mol. The van der Waals surface area contributed by atoms with Crippen LogP contribution in [0, 0.1) is 10.8 Å². The van der Waals surface area contributed by atoms with Gasteiger partial charge in [-0.3, -0.25) is 9.59 Å². The number of rotatable bonds is 6. The van der Waals surface area contributed by atoms with E-state index in [0.717, 1.165) is 53.9 Å². The Kier molecular flexibility index (Phi) is 6.75. The fraction of sp³-hybridized carbons (Fsp3) is 0.455. The number of aromatic hydroxyl groups is 1. The van der Waals surface area contributed by atoms with Gasteiger partial charge in [0, 0.05) is 47.8 Å². The van der Waals surface area contributed by atoms with Crippen LogP contribution in [-0.4, -0.2) is 34.7 Å². The highest BCUT2D eigenvalue weighted by atomic mass is 16.5. The number of phenolic OH excluding ortho intramolecular Hbond substituents is 1. The first-order valence-electron chi connectivity index (χ1n) is 13.8. The molecular weight excluding hydrogens is 474 g/mol. The third-order valence-electron chi connectivity index (χ3n) is 8.11. The van der Waals surface area contributed by atoms with Crippen LogP contribution in [0.15, 0.2) is 71.1 Å². The highest BCUT2D eigenvalue weighted by molar-refractivity contribution is 6.06. The number of phenols is 1. The van der Waals surface area contributed by atoms with Gasteiger partial charge < -0.3 is 14.7 Å². The number of allylic oxidation sites excluding steroid dienone is 4. The Morgan fingerprint density at radius 2 is 1.45 bits per heavy atom. The number of carbonyl (C=O) groups is 2. The second-order valence-corrected chi connectivity index (χ2v) is 12.6. The van der Waals surface area contributed by atoms with E-state index >= 15 is 0 Å². The molecule has 2 aromatic rings. The average Bonchev–Trinajstić information content (AvgIpc) is 2.83. The number of ether oxygens (including phenoxy) is 1. The maximum absolute atomic E-state index is 13.9.